The third kappa shape index (κ3) is 3.64. The first-order valence-electron chi connectivity index (χ1n) is 10.8. The fourth-order valence-electron chi connectivity index (χ4n) is 4.14. The molecule has 3 N–H and O–H groups in total. The van der Waals surface area contributed by atoms with Crippen LogP contribution >= 0.6 is 11.3 Å². The predicted octanol–water partition coefficient (Wildman–Crippen LogP) is 4.68. The number of alkyl halides is 2. The number of rotatable bonds is 4. The molecule has 0 unspecified atom stereocenters. The molecule has 5 aromatic rings. The Bertz CT molecular complexity index is 1610. The molecule has 2 aromatic carbocycles. The molecule has 4 heterocycles. The van der Waals surface area contributed by atoms with Gasteiger partial charge in [-0.1, -0.05) is 0 Å². The Morgan fingerprint density at radius 2 is 2.09 bits per heavy atom. The van der Waals surface area contributed by atoms with E-state index in [-0.39, 0.29) is 5.82 Å². The Morgan fingerprint density at radius 1 is 1.23 bits per heavy atom. The van der Waals surface area contributed by atoms with Gasteiger partial charge in [0.05, 0.1) is 28.2 Å². The number of ether oxygens (including phenoxy) is 1. The molecule has 176 valence electrons. The Hall–Kier alpha value is -4.12. The zero-order chi connectivity index (χ0) is 24.3. The van der Waals surface area contributed by atoms with Crippen LogP contribution in [-0.4, -0.2) is 37.2 Å². The van der Waals surface area contributed by atoms with E-state index in [1.54, 1.807) is 46.4 Å². The van der Waals surface area contributed by atoms with Crippen molar-refractivity contribution >= 4 is 28.3 Å². The molecule has 0 saturated carbocycles. The number of halogens is 2. The Morgan fingerprint density at radius 3 is 2.89 bits per heavy atom. The van der Waals surface area contributed by atoms with Crippen molar-refractivity contribution < 1.29 is 18.3 Å². The van der Waals surface area contributed by atoms with Crippen LogP contribution in [0.15, 0.2) is 48.8 Å². The molecule has 0 aliphatic carbocycles. The number of imidazole rings is 1. The van der Waals surface area contributed by atoms with Gasteiger partial charge in [-0.15, -0.1) is 11.3 Å². The van der Waals surface area contributed by atoms with Crippen molar-refractivity contribution in [2.24, 2.45) is 5.73 Å². The maximum absolute atomic E-state index is 13.7. The number of nitrogens with zero attached hydrogens (tertiary/aromatic N) is 4. The van der Waals surface area contributed by atoms with Crippen molar-refractivity contribution in [2.45, 2.75) is 19.3 Å². The van der Waals surface area contributed by atoms with Gasteiger partial charge in [0, 0.05) is 29.3 Å². The quantitative estimate of drug-likeness (QED) is 0.378. The SMILES string of the molecule is CC(F)(F)c1nc2ccc(-n3ncnc3-c3cc4c(s3)-c3ccc(C(N)=O)cc3OCC4)cc2[nH]1. The van der Waals surface area contributed by atoms with Crippen LogP contribution in [-0.2, 0) is 12.3 Å². The molecule has 1 amide bonds. The van der Waals surface area contributed by atoms with E-state index < -0.39 is 11.8 Å². The second-order valence-corrected chi connectivity index (χ2v) is 9.36. The number of hydrogen-bond acceptors (Lipinski definition) is 6. The third-order valence-corrected chi connectivity index (χ3v) is 7.05. The Labute approximate surface area is 201 Å². The molecule has 1 aliphatic heterocycles. The molecule has 6 rings (SSSR count). The van der Waals surface area contributed by atoms with Crippen LogP contribution in [0.3, 0.4) is 0 Å². The summed E-state index contributed by atoms with van der Waals surface area (Å²) in [5, 5.41) is 4.38. The number of nitrogens with two attached hydrogens (primary N) is 1. The van der Waals surface area contributed by atoms with Gasteiger partial charge in [0.15, 0.2) is 11.6 Å². The lowest BCUT2D eigenvalue weighted by molar-refractivity contribution is 0.00890. The van der Waals surface area contributed by atoms with E-state index in [0.29, 0.717) is 46.9 Å². The molecule has 0 saturated heterocycles. The second-order valence-electron chi connectivity index (χ2n) is 8.31. The number of hydrogen-bond donors (Lipinski definition) is 2. The fraction of sp³-hybridized carbons (Fsp3) is 0.167. The summed E-state index contributed by atoms with van der Waals surface area (Å²) in [5.41, 5.74) is 9.40. The minimum atomic E-state index is -3.06. The predicted molar refractivity (Wildman–Crippen MR) is 127 cm³/mol. The zero-order valence-corrected chi connectivity index (χ0v) is 19.2. The van der Waals surface area contributed by atoms with E-state index >= 15 is 0 Å². The molecule has 1 aliphatic rings. The van der Waals surface area contributed by atoms with Crippen molar-refractivity contribution in [3.8, 4) is 32.6 Å². The summed E-state index contributed by atoms with van der Waals surface area (Å²) in [6.45, 7) is 1.27. The van der Waals surface area contributed by atoms with Crippen LogP contribution in [0.2, 0.25) is 0 Å². The van der Waals surface area contributed by atoms with Gasteiger partial charge in [-0.2, -0.15) is 13.9 Å². The van der Waals surface area contributed by atoms with Crippen LogP contribution in [0.25, 0.3) is 37.9 Å². The molecule has 35 heavy (non-hydrogen) atoms. The van der Waals surface area contributed by atoms with Gasteiger partial charge in [-0.25, -0.2) is 14.6 Å². The maximum atomic E-state index is 13.7. The highest BCUT2D eigenvalue weighted by molar-refractivity contribution is 7.19. The van der Waals surface area contributed by atoms with Gasteiger partial charge >= 0.3 is 5.92 Å². The molecule has 8 nitrogen and oxygen atoms in total. The number of thiophene rings is 1. The van der Waals surface area contributed by atoms with E-state index in [1.807, 2.05) is 6.07 Å². The summed E-state index contributed by atoms with van der Waals surface area (Å²) in [4.78, 5) is 24.7. The molecule has 0 atom stereocenters. The van der Waals surface area contributed by atoms with E-state index in [0.717, 1.165) is 27.8 Å². The van der Waals surface area contributed by atoms with Crippen LogP contribution < -0.4 is 10.5 Å². The first-order valence-corrected chi connectivity index (χ1v) is 11.6. The largest absolute Gasteiger partial charge is 0.493 e. The zero-order valence-electron chi connectivity index (χ0n) is 18.4. The van der Waals surface area contributed by atoms with Crippen LogP contribution in [0.5, 0.6) is 5.75 Å². The number of aromatic amines is 1. The lowest BCUT2D eigenvalue weighted by Gasteiger charge is -2.08. The summed E-state index contributed by atoms with van der Waals surface area (Å²) in [7, 11) is 0. The van der Waals surface area contributed by atoms with E-state index in [4.69, 9.17) is 10.5 Å². The van der Waals surface area contributed by atoms with Crippen LogP contribution in [0, 0.1) is 0 Å². The van der Waals surface area contributed by atoms with E-state index in [1.165, 1.54) is 6.33 Å². The van der Waals surface area contributed by atoms with Crippen LogP contribution in [0.1, 0.15) is 28.7 Å². The van der Waals surface area contributed by atoms with Gasteiger partial charge in [-0.3, -0.25) is 4.79 Å². The number of benzene rings is 2. The van der Waals surface area contributed by atoms with Gasteiger partial charge in [-0.05, 0) is 48.0 Å². The molecule has 0 bridgehead atoms. The minimum absolute atomic E-state index is 0.383. The van der Waals surface area contributed by atoms with Gasteiger partial charge in [0.2, 0.25) is 5.91 Å². The summed E-state index contributed by atoms with van der Waals surface area (Å²) < 4.78 is 35.0. The Balaban J connectivity index is 1.42. The normalized spacial score (nSPS) is 13.2. The lowest BCUT2D eigenvalue weighted by atomic mass is 10.1. The number of aromatic nitrogens is 5. The first-order chi connectivity index (χ1) is 16.8. The molecule has 0 radical (unpaired) electrons. The fourth-order valence-corrected chi connectivity index (χ4v) is 5.36. The number of nitrogens with one attached hydrogen (secondary N) is 1. The maximum Gasteiger partial charge on any atom is 0.301 e. The summed E-state index contributed by atoms with van der Waals surface area (Å²) in [5.74, 6) is -2.72. The smallest absolute Gasteiger partial charge is 0.301 e. The number of carbonyl (C=O) groups excluding carboxylic acids is 1. The standard InChI is InChI=1S/C24H18F2N6O2S/c1-24(25,26)23-30-16-5-3-14(10-17(16)31-23)32-22(28-11-29-32)19-9-12-6-7-34-18-8-13(21(27)33)2-4-15(18)20(12)35-19/h2-5,8-11H,6-7H2,1H3,(H2,27,33)(H,30,31). The summed E-state index contributed by atoms with van der Waals surface area (Å²) in [6.07, 6.45) is 2.15. The molecule has 0 fully saturated rings. The third-order valence-electron chi connectivity index (χ3n) is 5.84. The average Bonchev–Trinajstić information content (AvgIpc) is 3.54. The number of carbonyl (C=O) groups is 1. The molecular formula is C24H18F2N6O2S. The number of amides is 1. The minimum Gasteiger partial charge on any atom is -0.493 e. The van der Waals surface area contributed by atoms with Gasteiger partial charge in [0.1, 0.15) is 12.1 Å². The lowest BCUT2D eigenvalue weighted by Crippen LogP contribution is -2.11. The highest BCUT2D eigenvalue weighted by Crippen LogP contribution is 2.44. The van der Waals surface area contributed by atoms with Crippen molar-refractivity contribution in [1.82, 2.24) is 24.7 Å². The molecule has 0 spiro atoms. The van der Waals surface area contributed by atoms with Crippen molar-refractivity contribution in [1.29, 1.82) is 0 Å². The van der Waals surface area contributed by atoms with Crippen LogP contribution in [0.4, 0.5) is 8.78 Å². The highest BCUT2D eigenvalue weighted by Gasteiger charge is 2.28. The highest BCUT2D eigenvalue weighted by atomic mass is 32.1. The van der Waals surface area contributed by atoms with E-state index in [2.05, 4.69) is 26.1 Å². The van der Waals surface area contributed by atoms with Crippen molar-refractivity contribution in [3.05, 3.63) is 65.7 Å². The molecule has 3 aromatic heterocycles. The first kappa shape index (κ1) is 21.4. The monoisotopic (exact) mass is 492 g/mol. The summed E-state index contributed by atoms with van der Waals surface area (Å²) >= 11 is 1.54. The average molecular weight is 493 g/mol. The molecule has 11 heteroatoms. The van der Waals surface area contributed by atoms with Gasteiger partial charge in [0.25, 0.3) is 0 Å². The second kappa shape index (κ2) is 7.70. The Kier molecular flexibility index (Phi) is 4.71. The topological polar surface area (TPSA) is 112 Å². The van der Waals surface area contributed by atoms with Gasteiger partial charge < -0.3 is 15.5 Å². The summed E-state index contributed by atoms with van der Waals surface area (Å²) in [6, 6.07) is 12.4. The van der Waals surface area contributed by atoms with E-state index in [9.17, 15) is 13.6 Å². The molecular weight excluding hydrogens is 474 g/mol. The van der Waals surface area contributed by atoms with Crippen molar-refractivity contribution in [3.63, 3.8) is 0 Å². The number of H-pyrrole nitrogens is 1. The number of primary amides is 1. The van der Waals surface area contributed by atoms with Crippen molar-refractivity contribution in [2.75, 3.05) is 6.61 Å². The number of fused-ring (bicyclic) bond motifs is 4.